The Balaban J connectivity index is 4.28. The number of hydrogen-bond donors (Lipinski definition) is 2. The molecule has 0 aliphatic carbocycles. The smallest absolute Gasteiger partial charge is 0.388 e. The highest BCUT2D eigenvalue weighted by molar-refractivity contribution is 7.47. The van der Waals surface area contributed by atoms with E-state index in [0.29, 0.717) is 24.4 Å². The van der Waals surface area contributed by atoms with Crippen LogP contribution in [0.15, 0.2) is 24.7 Å². The van der Waals surface area contributed by atoms with Gasteiger partial charge in [0.1, 0.15) is 24.2 Å². The first-order chi connectivity index (χ1) is 26.2. The van der Waals surface area contributed by atoms with E-state index >= 15 is 0 Å². The van der Waals surface area contributed by atoms with Crippen LogP contribution in [0.25, 0.3) is 0 Å². The van der Waals surface area contributed by atoms with Gasteiger partial charge in [-0.2, -0.15) is 9.78 Å². The molecule has 0 spiro atoms. The first-order valence-corrected chi connectivity index (χ1v) is 23.5. The van der Waals surface area contributed by atoms with Gasteiger partial charge in [0.05, 0.1) is 19.8 Å². The quantitative estimate of drug-likeness (QED) is 0.0203. The van der Waals surface area contributed by atoms with Crippen LogP contribution >= 0.6 is 7.82 Å². The number of phosphoric acid groups is 1. The van der Waals surface area contributed by atoms with Crippen LogP contribution < -0.4 is 0 Å². The molecule has 0 rings (SSSR count). The molecular formula is C43H85O10P. The van der Waals surface area contributed by atoms with E-state index in [0.717, 1.165) is 25.7 Å². The molecule has 54 heavy (non-hydrogen) atoms. The molecule has 3 atom stereocenters. The van der Waals surface area contributed by atoms with Gasteiger partial charge in [-0.15, -0.1) is 0 Å². The summed E-state index contributed by atoms with van der Waals surface area (Å²) in [7, 11) is -3.09. The van der Waals surface area contributed by atoms with E-state index in [9.17, 15) is 14.6 Å². The molecule has 0 aliphatic heterocycles. The van der Waals surface area contributed by atoms with Gasteiger partial charge >= 0.3 is 7.82 Å². The molecule has 0 aromatic carbocycles. The second-order valence-corrected chi connectivity index (χ2v) is 16.6. The van der Waals surface area contributed by atoms with E-state index < -0.39 is 33.2 Å². The predicted octanol–water partition coefficient (Wildman–Crippen LogP) is 13.2. The maximum Gasteiger partial charge on any atom is 0.472 e. The van der Waals surface area contributed by atoms with Crippen molar-refractivity contribution in [2.45, 2.75) is 219 Å². The van der Waals surface area contributed by atoms with E-state index in [1.807, 2.05) is 0 Å². The summed E-state index contributed by atoms with van der Waals surface area (Å²) in [6, 6.07) is 0. The number of aliphatic hydroxyl groups excluding tert-OH is 1. The Kier molecular flexibility index (Phi) is 39.5. The van der Waals surface area contributed by atoms with Crippen LogP contribution in [0.3, 0.4) is 0 Å². The summed E-state index contributed by atoms with van der Waals surface area (Å²) in [6.07, 6.45) is 35.4. The highest BCUT2D eigenvalue weighted by Crippen LogP contribution is 2.43. The van der Waals surface area contributed by atoms with Gasteiger partial charge in [-0.05, 0) is 12.8 Å². The summed E-state index contributed by atoms with van der Waals surface area (Å²) < 4.78 is 27.2. The molecule has 0 saturated carbocycles. The summed E-state index contributed by atoms with van der Waals surface area (Å²) in [6.45, 7) is 11.4. The van der Waals surface area contributed by atoms with E-state index in [2.05, 4.69) is 27.0 Å². The molecule has 0 aliphatic rings. The average molecular weight is 793 g/mol. The third-order valence-corrected chi connectivity index (χ3v) is 10.5. The van der Waals surface area contributed by atoms with Crippen LogP contribution in [0.1, 0.15) is 206 Å². The second kappa shape index (κ2) is 40.2. The van der Waals surface area contributed by atoms with Crippen molar-refractivity contribution in [2.75, 3.05) is 33.5 Å². The lowest BCUT2D eigenvalue weighted by atomic mass is 10.0. The lowest BCUT2D eigenvalue weighted by Gasteiger charge is -2.20. The first-order valence-electron chi connectivity index (χ1n) is 22.0. The molecule has 2 N–H and O–H groups in total. The van der Waals surface area contributed by atoms with Gasteiger partial charge < -0.3 is 24.5 Å². The SMILES string of the molecule is C=C(CCCCCCCCCCCCCCCC)OOCC(COP(=O)(O)OCC(O)COC)OOC(=C)CCCCCCCCCCCCCCCC. The molecular weight excluding hydrogens is 707 g/mol. The molecule has 0 bridgehead atoms. The van der Waals surface area contributed by atoms with Gasteiger partial charge in [0.25, 0.3) is 0 Å². The van der Waals surface area contributed by atoms with Crippen LogP contribution in [0.2, 0.25) is 0 Å². The largest absolute Gasteiger partial charge is 0.472 e. The normalized spacial score (nSPS) is 13.8. The number of hydrogen-bond acceptors (Lipinski definition) is 9. The Labute approximate surface area is 331 Å². The number of methoxy groups -OCH3 is 1. The Bertz CT molecular complexity index is 873. The maximum absolute atomic E-state index is 12.4. The zero-order valence-corrected chi connectivity index (χ0v) is 36.1. The minimum atomic E-state index is -4.49. The van der Waals surface area contributed by atoms with Gasteiger partial charge in [0.2, 0.25) is 0 Å². The first kappa shape index (κ1) is 53.0. The lowest BCUT2D eigenvalue weighted by Crippen LogP contribution is -2.26. The summed E-state index contributed by atoms with van der Waals surface area (Å²) in [5.41, 5.74) is 0. The van der Waals surface area contributed by atoms with Gasteiger partial charge in [-0.3, -0.25) is 9.05 Å². The van der Waals surface area contributed by atoms with Crippen LogP contribution in [-0.4, -0.2) is 55.7 Å². The molecule has 11 heteroatoms. The van der Waals surface area contributed by atoms with Crippen molar-refractivity contribution >= 4 is 7.82 Å². The van der Waals surface area contributed by atoms with E-state index in [-0.39, 0.29) is 13.2 Å². The zero-order chi connectivity index (χ0) is 39.8. The van der Waals surface area contributed by atoms with E-state index in [1.54, 1.807) is 0 Å². The van der Waals surface area contributed by atoms with Crippen molar-refractivity contribution in [3.05, 3.63) is 24.7 Å². The Morgan fingerprint density at radius 3 is 1.26 bits per heavy atom. The molecule has 0 aromatic heterocycles. The van der Waals surface area contributed by atoms with Crippen LogP contribution in [0, 0.1) is 0 Å². The standard InChI is InChI=1S/C43H85O10P/c1-6-8-10-12-14-16-18-20-22-24-26-28-30-32-34-40(3)51-48-38-43(39-50-54(45,46)49-37-42(44)36-47-5)53-52-41(4)35-33-31-29-27-25-23-21-19-17-15-13-11-9-7-2/h42-44H,3-4,6-39H2,1-2,5H3,(H,45,46). The zero-order valence-electron chi connectivity index (χ0n) is 35.2. The average Bonchev–Trinajstić information content (AvgIpc) is 3.15. The number of allylic oxidation sites excluding steroid dienone is 2. The molecule has 0 radical (unpaired) electrons. The predicted molar refractivity (Wildman–Crippen MR) is 221 cm³/mol. The highest BCUT2D eigenvalue weighted by atomic mass is 31.2. The summed E-state index contributed by atoms with van der Waals surface area (Å²) >= 11 is 0. The number of phosphoric ester groups is 1. The molecule has 322 valence electrons. The molecule has 0 fully saturated rings. The van der Waals surface area contributed by atoms with E-state index in [4.69, 9.17) is 33.3 Å². The minimum Gasteiger partial charge on any atom is -0.388 e. The van der Waals surface area contributed by atoms with Crippen LogP contribution in [0.5, 0.6) is 0 Å². The fourth-order valence-corrected chi connectivity index (χ4v) is 6.97. The number of rotatable bonds is 45. The molecule has 10 nitrogen and oxygen atoms in total. The Morgan fingerprint density at radius 2 is 0.870 bits per heavy atom. The van der Waals surface area contributed by atoms with Crippen LogP contribution in [-0.2, 0) is 37.9 Å². The summed E-state index contributed by atoms with van der Waals surface area (Å²) in [4.78, 5) is 31.7. The summed E-state index contributed by atoms with van der Waals surface area (Å²) in [5, 5.41) is 9.74. The van der Waals surface area contributed by atoms with Gasteiger partial charge in [0.15, 0.2) is 6.10 Å². The van der Waals surface area contributed by atoms with Gasteiger partial charge in [-0.25, -0.2) is 4.57 Å². The van der Waals surface area contributed by atoms with Gasteiger partial charge in [-0.1, -0.05) is 194 Å². The van der Waals surface area contributed by atoms with Crippen LogP contribution in [0.4, 0.5) is 0 Å². The molecule has 0 amide bonds. The van der Waals surface area contributed by atoms with Crippen molar-refractivity contribution < 1.29 is 47.9 Å². The topological polar surface area (TPSA) is 122 Å². The van der Waals surface area contributed by atoms with Gasteiger partial charge in [0, 0.05) is 20.0 Å². The minimum absolute atomic E-state index is 0.0462. The monoisotopic (exact) mass is 793 g/mol. The maximum atomic E-state index is 12.4. The fraction of sp³-hybridized carbons (Fsp3) is 0.907. The molecule has 3 unspecified atom stereocenters. The number of unbranched alkanes of at least 4 members (excludes halogenated alkanes) is 26. The van der Waals surface area contributed by atoms with E-state index in [1.165, 1.54) is 161 Å². The number of ether oxygens (including phenoxy) is 1. The van der Waals surface area contributed by atoms with Crippen molar-refractivity contribution in [2.24, 2.45) is 0 Å². The molecule has 0 aromatic rings. The highest BCUT2D eigenvalue weighted by Gasteiger charge is 2.26. The second-order valence-electron chi connectivity index (χ2n) is 15.1. The van der Waals surface area contributed by atoms with Crippen molar-refractivity contribution in [3.8, 4) is 0 Å². The summed E-state index contributed by atoms with van der Waals surface area (Å²) in [5.74, 6) is 0.952. The molecule has 0 heterocycles. The van der Waals surface area contributed by atoms with Crippen molar-refractivity contribution in [1.29, 1.82) is 0 Å². The number of aliphatic hydroxyl groups is 1. The third kappa shape index (κ3) is 39.3. The lowest BCUT2D eigenvalue weighted by molar-refractivity contribution is -0.344. The van der Waals surface area contributed by atoms with Crippen molar-refractivity contribution in [1.82, 2.24) is 0 Å². The third-order valence-electron chi connectivity index (χ3n) is 9.56. The fourth-order valence-electron chi connectivity index (χ4n) is 6.19. The molecule has 0 saturated heterocycles. The van der Waals surface area contributed by atoms with Crippen molar-refractivity contribution in [3.63, 3.8) is 0 Å². The Morgan fingerprint density at radius 1 is 0.519 bits per heavy atom. The Hall–Kier alpha value is -0.970.